The monoisotopic (exact) mass is 610 g/mol. The van der Waals surface area contributed by atoms with Crippen LogP contribution in [0.2, 0.25) is 0 Å². The van der Waals surface area contributed by atoms with Crippen molar-refractivity contribution in [2.45, 2.75) is 35.0 Å². The second kappa shape index (κ2) is 8.58. The molecule has 3 aromatic rings. The molecule has 0 bridgehead atoms. The average Bonchev–Trinajstić information content (AvgIpc) is 3.33. The zero-order valence-corrected chi connectivity index (χ0v) is 23.2. The molecule has 2 atom stereocenters. The van der Waals surface area contributed by atoms with Gasteiger partial charge in [-0.25, -0.2) is 0 Å². The molecule has 2 aliphatic carbocycles. The number of halogens is 2. The van der Waals surface area contributed by atoms with Crippen LogP contribution in [0.25, 0.3) is 12.2 Å². The van der Waals surface area contributed by atoms with Crippen molar-refractivity contribution in [3.63, 3.8) is 0 Å². The van der Waals surface area contributed by atoms with Crippen LogP contribution >= 0.6 is 7.92 Å². The zero-order valence-electron chi connectivity index (χ0n) is 18.7. The minimum absolute atomic E-state index is 0. The minimum atomic E-state index is -1.02. The molecular formula is C28H25F2HfP. The summed E-state index contributed by atoms with van der Waals surface area (Å²) >= 11 is -1.02. The van der Waals surface area contributed by atoms with E-state index in [-0.39, 0.29) is 9.41 Å². The van der Waals surface area contributed by atoms with E-state index < -0.39 is 30.8 Å². The van der Waals surface area contributed by atoms with Crippen molar-refractivity contribution < 1.29 is 32.3 Å². The van der Waals surface area contributed by atoms with Gasteiger partial charge in [0.05, 0.1) is 0 Å². The Morgan fingerprint density at radius 2 is 1.03 bits per heavy atom. The van der Waals surface area contributed by atoms with Crippen molar-refractivity contribution in [3.05, 3.63) is 110 Å². The first-order chi connectivity index (χ1) is 14.5. The fourth-order valence-electron chi connectivity index (χ4n) is 5.53. The van der Waals surface area contributed by atoms with E-state index in [1.54, 1.807) is 32.9 Å². The maximum absolute atomic E-state index is 2.62. The Bertz CT molecular complexity index is 1200. The minimum Gasteiger partial charge on any atom is -1.00 e. The summed E-state index contributed by atoms with van der Waals surface area (Å²) in [4.78, 5) is 0. The Kier molecular flexibility index (Phi) is 6.29. The number of allylic oxidation sites excluding steroid dienone is 2. The molecule has 0 spiro atoms. The van der Waals surface area contributed by atoms with Gasteiger partial charge < -0.3 is 9.41 Å². The van der Waals surface area contributed by atoms with E-state index in [9.17, 15) is 0 Å². The predicted octanol–water partition coefficient (Wildman–Crippen LogP) is 1.32. The molecule has 160 valence electrons. The second-order valence-corrected chi connectivity index (χ2v) is 16.5. The quantitative estimate of drug-likeness (QED) is 0.289. The smallest absolute Gasteiger partial charge is 1.00 e. The molecular weight excluding hydrogens is 584 g/mol. The molecule has 1 aliphatic heterocycles. The molecule has 3 aliphatic rings. The Hall–Kier alpha value is -1.70. The summed E-state index contributed by atoms with van der Waals surface area (Å²) in [7, 11) is -0.419. The molecule has 32 heavy (non-hydrogen) atoms. The van der Waals surface area contributed by atoms with E-state index in [0.717, 1.165) is 7.35 Å². The van der Waals surface area contributed by atoms with Gasteiger partial charge in [-0.3, -0.25) is 0 Å². The van der Waals surface area contributed by atoms with Crippen molar-refractivity contribution >= 4 is 25.4 Å². The summed E-state index contributed by atoms with van der Waals surface area (Å²) in [6.07, 6.45) is 5.24. The number of hydrogen-bond acceptors (Lipinski definition) is 0. The van der Waals surface area contributed by atoms with Gasteiger partial charge in [0, 0.05) is 0 Å². The van der Waals surface area contributed by atoms with Crippen LogP contribution in [0.15, 0.2) is 65.2 Å². The van der Waals surface area contributed by atoms with Crippen molar-refractivity contribution in [3.8, 4) is 0 Å². The molecule has 1 fully saturated rings. The van der Waals surface area contributed by atoms with Gasteiger partial charge in [0.1, 0.15) is 0 Å². The largest absolute Gasteiger partial charge is 1.00 e. The van der Waals surface area contributed by atoms with Gasteiger partial charge in [-0.15, -0.1) is 0 Å². The SMILES string of the molecule is Cc1ccc(C)c2c1C=C1[CH]2[Hf+2][CH]2C(=Cc3c(C)ccc(C)c32)P1c1ccccc1.[F-].[F-]. The van der Waals surface area contributed by atoms with Crippen LogP contribution in [0.5, 0.6) is 0 Å². The maximum atomic E-state index is 2.62. The first-order valence-corrected chi connectivity index (χ1v) is 16.3. The third-order valence-corrected chi connectivity index (χ3v) is 18.1. The molecule has 6 rings (SSSR count). The summed E-state index contributed by atoms with van der Waals surface area (Å²) < 4.78 is 1.50. The number of fused-ring (bicyclic) bond motifs is 6. The normalized spacial score (nSPS) is 21.3. The summed E-state index contributed by atoms with van der Waals surface area (Å²) in [5.41, 5.74) is 12.4. The van der Waals surface area contributed by atoms with E-state index >= 15 is 0 Å². The van der Waals surface area contributed by atoms with E-state index in [2.05, 4.69) is 94.4 Å². The van der Waals surface area contributed by atoms with Crippen LogP contribution < -0.4 is 14.7 Å². The first-order valence-electron chi connectivity index (χ1n) is 10.8. The van der Waals surface area contributed by atoms with Crippen molar-refractivity contribution in [1.29, 1.82) is 0 Å². The van der Waals surface area contributed by atoms with Gasteiger partial charge in [0.25, 0.3) is 0 Å². The summed E-state index contributed by atoms with van der Waals surface area (Å²) in [5.74, 6) is 0. The summed E-state index contributed by atoms with van der Waals surface area (Å²) in [6.45, 7) is 9.28. The molecule has 0 amide bonds. The Morgan fingerprint density at radius 1 is 0.594 bits per heavy atom. The molecule has 0 nitrogen and oxygen atoms in total. The number of aryl methyl sites for hydroxylation is 4. The molecule has 4 heteroatoms. The van der Waals surface area contributed by atoms with Gasteiger partial charge in [0.15, 0.2) is 0 Å². The van der Waals surface area contributed by atoms with Gasteiger partial charge >= 0.3 is 193 Å². The zero-order chi connectivity index (χ0) is 20.6. The molecule has 2 unspecified atom stereocenters. The fraction of sp³-hybridized carbons (Fsp3) is 0.214. The predicted molar refractivity (Wildman–Crippen MR) is 126 cm³/mol. The Balaban J connectivity index is 0.00000122. The van der Waals surface area contributed by atoms with Gasteiger partial charge in [-0.2, -0.15) is 0 Å². The molecule has 1 heterocycles. The molecule has 0 N–H and O–H groups in total. The van der Waals surface area contributed by atoms with Crippen LogP contribution in [0.4, 0.5) is 0 Å². The van der Waals surface area contributed by atoms with Crippen LogP contribution in [0.1, 0.15) is 51.9 Å². The van der Waals surface area contributed by atoms with Crippen LogP contribution in [0, 0.1) is 27.7 Å². The van der Waals surface area contributed by atoms with Gasteiger partial charge in [-0.1, -0.05) is 0 Å². The molecule has 0 saturated carbocycles. The van der Waals surface area contributed by atoms with E-state index in [0.29, 0.717) is 0 Å². The third kappa shape index (κ3) is 3.27. The third-order valence-electron chi connectivity index (χ3n) is 7.06. The van der Waals surface area contributed by atoms with Crippen LogP contribution in [-0.4, -0.2) is 0 Å². The standard InChI is InChI=1S/C28H25P.2FH.Hf/c1-18-10-11-19(2)26-15-23(14-25(18)26)29(22-8-6-5-7-9-22)24-16-27-20(3)12-13-21(4)28(27)17-24;;;/h5-17H,1-4H3;2*1H;/q;;;+2/p-2. The van der Waals surface area contributed by atoms with Gasteiger partial charge in [0.2, 0.25) is 0 Å². The Morgan fingerprint density at radius 3 is 1.50 bits per heavy atom. The summed E-state index contributed by atoms with van der Waals surface area (Å²) in [6, 6.07) is 20.8. The maximum Gasteiger partial charge on any atom is -1.00 e. The molecule has 0 aromatic heterocycles. The van der Waals surface area contributed by atoms with Crippen LogP contribution in [-0.2, 0) is 22.9 Å². The molecule has 3 aromatic carbocycles. The van der Waals surface area contributed by atoms with E-state index in [4.69, 9.17) is 0 Å². The topological polar surface area (TPSA) is 0 Å². The second-order valence-electron chi connectivity index (χ2n) is 8.90. The average molecular weight is 609 g/mol. The fourth-order valence-corrected chi connectivity index (χ4v) is 19.2. The van der Waals surface area contributed by atoms with E-state index in [1.165, 1.54) is 27.6 Å². The number of benzene rings is 3. The Labute approximate surface area is 201 Å². The van der Waals surface area contributed by atoms with Crippen molar-refractivity contribution in [2.24, 2.45) is 0 Å². The van der Waals surface area contributed by atoms with Gasteiger partial charge in [-0.05, 0) is 0 Å². The van der Waals surface area contributed by atoms with Crippen molar-refractivity contribution in [1.82, 2.24) is 0 Å². The van der Waals surface area contributed by atoms with Crippen LogP contribution in [0.3, 0.4) is 0 Å². The molecule has 0 radical (unpaired) electrons. The summed E-state index contributed by atoms with van der Waals surface area (Å²) in [5, 5.41) is 5.06. The number of rotatable bonds is 1. The van der Waals surface area contributed by atoms with E-state index in [1.807, 2.05) is 0 Å². The van der Waals surface area contributed by atoms with Crippen molar-refractivity contribution in [2.75, 3.05) is 0 Å². The number of hydrogen-bond donors (Lipinski definition) is 0. The first kappa shape index (κ1) is 23.5. The molecule has 1 saturated heterocycles.